The van der Waals surface area contributed by atoms with E-state index in [-0.39, 0.29) is 24.4 Å². The highest BCUT2D eigenvalue weighted by Crippen LogP contribution is 2.20. The van der Waals surface area contributed by atoms with Gasteiger partial charge in [-0.2, -0.15) is 0 Å². The second-order valence-corrected chi connectivity index (χ2v) is 5.67. The van der Waals surface area contributed by atoms with Gasteiger partial charge in [0.1, 0.15) is 5.82 Å². The predicted octanol–water partition coefficient (Wildman–Crippen LogP) is 2.98. The van der Waals surface area contributed by atoms with Gasteiger partial charge in [0, 0.05) is 23.6 Å². The van der Waals surface area contributed by atoms with Crippen molar-refractivity contribution in [3.05, 3.63) is 71.2 Å². The van der Waals surface area contributed by atoms with Crippen LogP contribution in [0.15, 0.2) is 42.6 Å². The van der Waals surface area contributed by atoms with Gasteiger partial charge in [-0.25, -0.2) is 13.2 Å². The molecule has 1 unspecified atom stereocenters. The van der Waals surface area contributed by atoms with Crippen molar-refractivity contribution >= 4 is 16.8 Å². The van der Waals surface area contributed by atoms with E-state index in [1.807, 2.05) is 0 Å². The smallest absolute Gasteiger partial charge is 0.224 e. The van der Waals surface area contributed by atoms with Crippen LogP contribution in [0.3, 0.4) is 0 Å². The third kappa shape index (κ3) is 3.83. The zero-order valence-corrected chi connectivity index (χ0v) is 13.0. The topological polar surface area (TPSA) is 65.1 Å². The lowest BCUT2D eigenvalue weighted by atomic mass is 10.1. The van der Waals surface area contributed by atoms with E-state index in [4.69, 9.17) is 0 Å². The normalized spacial score (nSPS) is 12.3. The number of aliphatic hydroxyl groups excluding tert-OH is 1. The highest BCUT2D eigenvalue weighted by molar-refractivity contribution is 5.88. The van der Waals surface area contributed by atoms with Crippen LogP contribution in [-0.4, -0.2) is 22.5 Å². The summed E-state index contributed by atoms with van der Waals surface area (Å²) in [4.78, 5) is 15.0. The van der Waals surface area contributed by atoms with Gasteiger partial charge in [0.15, 0.2) is 11.6 Å². The minimum atomic E-state index is -1.17. The summed E-state index contributed by atoms with van der Waals surface area (Å²) >= 11 is 0. The van der Waals surface area contributed by atoms with E-state index in [2.05, 4.69) is 10.3 Å². The number of fused-ring (bicyclic) bond motifs is 1. The Morgan fingerprint density at radius 1 is 1.12 bits per heavy atom. The molecular weight excluding hydrogens is 333 g/mol. The summed E-state index contributed by atoms with van der Waals surface area (Å²) in [5.41, 5.74) is 1.49. The number of hydrogen-bond acceptors (Lipinski definition) is 2. The number of rotatable bonds is 5. The fourth-order valence-corrected chi connectivity index (χ4v) is 2.58. The maximum atomic E-state index is 13.3. The molecule has 3 rings (SSSR count). The van der Waals surface area contributed by atoms with Crippen LogP contribution in [0.2, 0.25) is 0 Å². The maximum absolute atomic E-state index is 13.3. The van der Waals surface area contributed by atoms with Crippen LogP contribution in [0.25, 0.3) is 10.9 Å². The third-order valence-electron chi connectivity index (χ3n) is 3.90. The number of hydrogen-bond donors (Lipinski definition) is 3. The molecule has 4 nitrogen and oxygen atoms in total. The number of halogens is 3. The van der Waals surface area contributed by atoms with Gasteiger partial charge in [-0.3, -0.25) is 4.79 Å². The fraction of sp³-hybridized carbons (Fsp3) is 0.167. The number of benzene rings is 2. The van der Waals surface area contributed by atoms with E-state index in [1.54, 1.807) is 12.3 Å². The zero-order valence-electron chi connectivity index (χ0n) is 13.0. The average Bonchev–Trinajstić information content (AvgIpc) is 2.97. The number of H-pyrrole nitrogens is 1. The Morgan fingerprint density at radius 3 is 2.68 bits per heavy atom. The van der Waals surface area contributed by atoms with Gasteiger partial charge in [0.25, 0.3) is 0 Å². The van der Waals surface area contributed by atoms with E-state index in [0.717, 1.165) is 12.1 Å². The second-order valence-electron chi connectivity index (χ2n) is 5.67. The first kappa shape index (κ1) is 17.0. The molecule has 25 heavy (non-hydrogen) atoms. The van der Waals surface area contributed by atoms with Crippen LogP contribution < -0.4 is 5.32 Å². The second kappa shape index (κ2) is 6.98. The molecule has 0 saturated heterocycles. The van der Waals surface area contributed by atoms with Crippen molar-refractivity contribution in [3.8, 4) is 0 Å². The molecule has 3 aromatic rings. The van der Waals surface area contributed by atoms with E-state index >= 15 is 0 Å². The first-order chi connectivity index (χ1) is 11.9. The molecule has 0 bridgehead atoms. The number of carbonyl (C=O) groups is 1. The molecule has 0 spiro atoms. The molecule has 0 radical (unpaired) electrons. The number of aliphatic hydroxyl groups is 1. The molecule has 1 atom stereocenters. The number of carbonyl (C=O) groups excluding carboxylic acids is 1. The van der Waals surface area contributed by atoms with Crippen LogP contribution >= 0.6 is 0 Å². The van der Waals surface area contributed by atoms with E-state index < -0.39 is 23.6 Å². The largest absolute Gasteiger partial charge is 0.387 e. The third-order valence-corrected chi connectivity index (χ3v) is 3.90. The summed E-state index contributed by atoms with van der Waals surface area (Å²) in [6, 6.07) is 7.28. The zero-order chi connectivity index (χ0) is 18.0. The van der Waals surface area contributed by atoms with E-state index in [1.165, 1.54) is 18.2 Å². The number of amides is 1. The van der Waals surface area contributed by atoms with Gasteiger partial charge in [-0.15, -0.1) is 0 Å². The highest BCUT2D eigenvalue weighted by Gasteiger charge is 2.14. The van der Waals surface area contributed by atoms with Crippen LogP contribution in [0, 0.1) is 17.5 Å². The monoisotopic (exact) mass is 348 g/mol. The lowest BCUT2D eigenvalue weighted by Gasteiger charge is -2.12. The van der Waals surface area contributed by atoms with E-state index in [9.17, 15) is 23.1 Å². The summed E-state index contributed by atoms with van der Waals surface area (Å²) < 4.78 is 39.4. The summed E-state index contributed by atoms with van der Waals surface area (Å²) in [5, 5.41) is 13.1. The molecule has 0 aliphatic rings. The molecule has 130 valence electrons. The quantitative estimate of drug-likeness (QED) is 0.664. The molecule has 3 N–H and O–H groups in total. The van der Waals surface area contributed by atoms with Crippen molar-refractivity contribution in [1.82, 2.24) is 10.3 Å². The Bertz CT molecular complexity index is 924. The van der Waals surface area contributed by atoms with Crippen molar-refractivity contribution in [2.75, 3.05) is 6.54 Å². The van der Waals surface area contributed by atoms with Gasteiger partial charge >= 0.3 is 0 Å². The van der Waals surface area contributed by atoms with Crippen molar-refractivity contribution < 1.29 is 23.1 Å². The van der Waals surface area contributed by atoms with Gasteiger partial charge < -0.3 is 15.4 Å². The summed E-state index contributed by atoms with van der Waals surface area (Å²) in [7, 11) is 0. The van der Waals surface area contributed by atoms with Gasteiger partial charge in [-0.05, 0) is 41.5 Å². The molecule has 0 aliphatic heterocycles. The van der Waals surface area contributed by atoms with Crippen molar-refractivity contribution in [2.24, 2.45) is 0 Å². The average molecular weight is 348 g/mol. The Balaban J connectivity index is 1.62. The summed E-state index contributed by atoms with van der Waals surface area (Å²) in [6.45, 7) is -0.152. The number of aromatic amines is 1. The molecule has 0 saturated carbocycles. The molecule has 1 amide bonds. The van der Waals surface area contributed by atoms with Crippen molar-refractivity contribution in [1.29, 1.82) is 0 Å². The maximum Gasteiger partial charge on any atom is 0.224 e. The van der Waals surface area contributed by atoms with Crippen LogP contribution in [-0.2, 0) is 11.2 Å². The summed E-state index contributed by atoms with van der Waals surface area (Å²) in [6.07, 6.45) is 0.447. The minimum absolute atomic E-state index is 0.00600. The molecule has 2 aromatic carbocycles. The SMILES string of the molecule is O=C(Cc1c[nH]c2ccc(F)cc12)NCC(O)c1ccc(F)c(F)c1. The molecule has 1 heterocycles. The number of aromatic nitrogens is 1. The number of nitrogens with one attached hydrogen (secondary N) is 2. The van der Waals surface area contributed by atoms with Gasteiger partial charge in [-0.1, -0.05) is 6.07 Å². The lowest BCUT2D eigenvalue weighted by molar-refractivity contribution is -0.120. The molecule has 0 aliphatic carbocycles. The first-order valence-electron chi connectivity index (χ1n) is 7.59. The van der Waals surface area contributed by atoms with Crippen LogP contribution in [0.1, 0.15) is 17.2 Å². The molecular formula is C18H15F3N2O2. The molecule has 7 heteroatoms. The van der Waals surface area contributed by atoms with Crippen molar-refractivity contribution in [2.45, 2.75) is 12.5 Å². The lowest BCUT2D eigenvalue weighted by Crippen LogP contribution is -2.29. The van der Waals surface area contributed by atoms with Crippen LogP contribution in [0.4, 0.5) is 13.2 Å². The predicted molar refractivity (Wildman–Crippen MR) is 86.3 cm³/mol. The van der Waals surface area contributed by atoms with Gasteiger partial charge in [0.05, 0.1) is 12.5 Å². The Kier molecular flexibility index (Phi) is 4.76. The standard InChI is InChI=1S/C18H15F3N2O2/c19-12-2-4-16-13(7-12)11(8-22-16)6-18(25)23-9-17(24)10-1-3-14(20)15(21)5-10/h1-5,7-8,17,22,24H,6,9H2,(H,23,25). The van der Waals surface area contributed by atoms with E-state index in [0.29, 0.717) is 16.5 Å². The van der Waals surface area contributed by atoms with Crippen LogP contribution in [0.5, 0.6) is 0 Å². The molecule has 0 fully saturated rings. The first-order valence-corrected chi connectivity index (χ1v) is 7.59. The minimum Gasteiger partial charge on any atom is -0.387 e. The van der Waals surface area contributed by atoms with Gasteiger partial charge in [0.2, 0.25) is 5.91 Å². The summed E-state index contributed by atoms with van der Waals surface area (Å²) in [5.74, 6) is -2.86. The Labute approximate surface area is 141 Å². The Morgan fingerprint density at radius 2 is 1.92 bits per heavy atom. The van der Waals surface area contributed by atoms with Crippen molar-refractivity contribution in [3.63, 3.8) is 0 Å². The Hall–Kier alpha value is -2.80. The fourth-order valence-electron chi connectivity index (χ4n) is 2.58. The molecule has 1 aromatic heterocycles. The highest BCUT2D eigenvalue weighted by atomic mass is 19.2.